The predicted octanol–water partition coefficient (Wildman–Crippen LogP) is 3.32. The zero-order chi connectivity index (χ0) is 18.4. The highest BCUT2D eigenvalue weighted by molar-refractivity contribution is 6.30. The maximum atomic E-state index is 13.0. The summed E-state index contributed by atoms with van der Waals surface area (Å²) in [5.74, 6) is -0.397. The van der Waals surface area contributed by atoms with Crippen LogP contribution in [0.5, 0.6) is 0 Å². The topological polar surface area (TPSA) is 41.6 Å². The van der Waals surface area contributed by atoms with Gasteiger partial charge in [-0.2, -0.15) is 0 Å². The highest BCUT2D eigenvalue weighted by Gasteiger charge is 2.22. The average molecular weight is 377 g/mol. The molecule has 6 heteroatoms. The van der Waals surface area contributed by atoms with Crippen molar-refractivity contribution in [3.05, 3.63) is 70.5 Å². The molecule has 0 saturated carbocycles. The maximum absolute atomic E-state index is 13.0. The summed E-state index contributed by atoms with van der Waals surface area (Å²) in [6.07, 6.45) is 0. The number of hydrogen-bond donors (Lipinski definition) is 1. The lowest BCUT2D eigenvalue weighted by Crippen LogP contribution is -2.43. The molecular weight excluding hydrogens is 355 g/mol. The van der Waals surface area contributed by atoms with Crippen molar-refractivity contribution in [2.45, 2.75) is 6.04 Å². The highest BCUT2D eigenvalue weighted by Crippen LogP contribution is 2.23. The van der Waals surface area contributed by atoms with Gasteiger partial charge in [0, 0.05) is 36.3 Å². The first-order chi connectivity index (χ1) is 12.6. The Morgan fingerprint density at radius 3 is 2.42 bits per heavy atom. The van der Waals surface area contributed by atoms with E-state index in [9.17, 15) is 9.18 Å². The third-order valence-corrected chi connectivity index (χ3v) is 4.78. The number of morpholine rings is 1. The molecule has 1 aliphatic heterocycles. The van der Waals surface area contributed by atoms with E-state index in [0.29, 0.717) is 30.3 Å². The Kier molecular flexibility index (Phi) is 6.74. The van der Waals surface area contributed by atoms with Gasteiger partial charge in [-0.1, -0.05) is 23.7 Å². The first kappa shape index (κ1) is 19.0. The predicted molar refractivity (Wildman–Crippen MR) is 100 cm³/mol. The second-order valence-electron chi connectivity index (χ2n) is 6.28. The second-order valence-corrected chi connectivity index (χ2v) is 6.71. The largest absolute Gasteiger partial charge is 0.379 e. The fourth-order valence-electron chi connectivity index (χ4n) is 3.09. The summed E-state index contributed by atoms with van der Waals surface area (Å²) in [4.78, 5) is 14.6. The number of hydrogen-bond acceptors (Lipinski definition) is 4. The van der Waals surface area contributed by atoms with E-state index in [1.165, 1.54) is 24.3 Å². The Hall–Kier alpha value is -1.79. The Bertz CT molecular complexity index is 716. The fraction of sp³-hybridized carbons (Fsp3) is 0.350. The molecule has 1 fully saturated rings. The molecule has 1 heterocycles. The van der Waals surface area contributed by atoms with Gasteiger partial charge in [-0.05, 0) is 42.0 Å². The van der Waals surface area contributed by atoms with Gasteiger partial charge in [0.15, 0.2) is 5.78 Å². The van der Waals surface area contributed by atoms with Crippen molar-refractivity contribution < 1.29 is 13.9 Å². The average Bonchev–Trinajstić information content (AvgIpc) is 2.67. The van der Waals surface area contributed by atoms with Gasteiger partial charge >= 0.3 is 0 Å². The number of nitrogens with zero attached hydrogens (tertiary/aromatic N) is 1. The third-order valence-electron chi connectivity index (χ3n) is 4.53. The van der Waals surface area contributed by atoms with E-state index in [1.54, 1.807) is 0 Å². The summed E-state index contributed by atoms with van der Waals surface area (Å²) in [6.45, 7) is 3.95. The Balaban J connectivity index is 1.62. The Morgan fingerprint density at radius 1 is 1.12 bits per heavy atom. The van der Waals surface area contributed by atoms with Gasteiger partial charge in [-0.25, -0.2) is 4.39 Å². The lowest BCUT2D eigenvalue weighted by atomic mass is 10.0. The zero-order valence-electron chi connectivity index (χ0n) is 14.5. The molecule has 1 N–H and O–H groups in total. The van der Waals surface area contributed by atoms with E-state index in [2.05, 4.69) is 10.2 Å². The Labute approximate surface area is 157 Å². The molecule has 0 aromatic heterocycles. The normalized spacial score (nSPS) is 16.4. The first-order valence-corrected chi connectivity index (χ1v) is 9.08. The number of nitrogens with one attached hydrogen (secondary N) is 1. The van der Waals surface area contributed by atoms with Crippen LogP contribution in [0.15, 0.2) is 48.5 Å². The number of halogens is 2. The van der Waals surface area contributed by atoms with Crippen molar-refractivity contribution in [1.82, 2.24) is 10.2 Å². The number of rotatable bonds is 7. The third kappa shape index (κ3) is 5.11. The van der Waals surface area contributed by atoms with Crippen molar-refractivity contribution >= 4 is 17.4 Å². The SMILES string of the molecule is O=C(CNCC(c1ccc(Cl)cc1)N1CCOCC1)c1ccc(F)cc1. The van der Waals surface area contributed by atoms with Crippen LogP contribution < -0.4 is 5.32 Å². The molecule has 0 bridgehead atoms. The lowest BCUT2D eigenvalue weighted by molar-refractivity contribution is 0.0162. The molecule has 1 unspecified atom stereocenters. The first-order valence-electron chi connectivity index (χ1n) is 8.70. The number of ether oxygens (including phenoxy) is 1. The summed E-state index contributed by atoms with van der Waals surface area (Å²) in [5.41, 5.74) is 1.66. The molecule has 138 valence electrons. The van der Waals surface area contributed by atoms with E-state index in [0.717, 1.165) is 18.7 Å². The van der Waals surface area contributed by atoms with Crippen LogP contribution in [-0.4, -0.2) is 50.1 Å². The molecule has 26 heavy (non-hydrogen) atoms. The number of Topliss-reactive ketones (excluding diaryl/α,β-unsaturated/α-hetero) is 1. The van der Waals surface area contributed by atoms with Gasteiger partial charge in [0.2, 0.25) is 0 Å². The van der Waals surface area contributed by atoms with Crippen LogP contribution in [0, 0.1) is 5.82 Å². The van der Waals surface area contributed by atoms with Crippen LogP contribution in [0.3, 0.4) is 0 Å². The van der Waals surface area contributed by atoms with Gasteiger partial charge in [-0.3, -0.25) is 9.69 Å². The van der Waals surface area contributed by atoms with Gasteiger partial charge in [0.05, 0.1) is 19.8 Å². The molecule has 0 amide bonds. The maximum Gasteiger partial charge on any atom is 0.176 e. The highest BCUT2D eigenvalue weighted by atomic mass is 35.5. The summed E-state index contributed by atoms with van der Waals surface area (Å²) in [7, 11) is 0. The molecule has 0 aliphatic carbocycles. The molecule has 2 aromatic carbocycles. The van der Waals surface area contributed by atoms with Gasteiger partial charge in [0.1, 0.15) is 5.82 Å². The molecule has 0 radical (unpaired) electrons. The van der Waals surface area contributed by atoms with Crippen molar-refractivity contribution in [3.8, 4) is 0 Å². The minimum Gasteiger partial charge on any atom is -0.379 e. The molecule has 1 aliphatic rings. The fourth-order valence-corrected chi connectivity index (χ4v) is 3.22. The molecule has 2 aromatic rings. The molecule has 3 rings (SSSR count). The molecule has 0 spiro atoms. The standard InChI is InChI=1S/C20H22ClFN2O2/c21-17-5-1-15(2-6-17)19(24-9-11-26-12-10-24)13-23-14-20(25)16-3-7-18(22)8-4-16/h1-8,19,23H,9-14H2. The van der Waals surface area contributed by atoms with Crippen molar-refractivity contribution in [2.75, 3.05) is 39.4 Å². The second kappa shape index (κ2) is 9.24. The summed E-state index contributed by atoms with van der Waals surface area (Å²) >= 11 is 6.01. The number of carbonyl (C=O) groups excluding carboxylic acids is 1. The number of ketones is 1. The van der Waals surface area contributed by atoms with Crippen molar-refractivity contribution in [2.24, 2.45) is 0 Å². The van der Waals surface area contributed by atoms with Crippen LogP contribution >= 0.6 is 11.6 Å². The molecule has 1 atom stereocenters. The summed E-state index contributed by atoms with van der Waals surface area (Å²) in [5, 5.41) is 3.95. The molecule has 4 nitrogen and oxygen atoms in total. The van der Waals surface area contributed by atoms with E-state index < -0.39 is 0 Å². The molecule has 1 saturated heterocycles. The van der Waals surface area contributed by atoms with Gasteiger partial charge in [-0.15, -0.1) is 0 Å². The van der Waals surface area contributed by atoms with Crippen LogP contribution in [0.4, 0.5) is 4.39 Å². The van der Waals surface area contributed by atoms with Crippen LogP contribution in [0.1, 0.15) is 22.0 Å². The van der Waals surface area contributed by atoms with Crippen LogP contribution in [-0.2, 0) is 4.74 Å². The Morgan fingerprint density at radius 2 is 1.77 bits per heavy atom. The lowest BCUT2D eigenvalue weighted by Gasteiger charge is -2.35. The summed E-state index contributed by atoms with van der Waals surface area (Å²) < 4.78 is 18.4. The van der Waals surface area contributed by atoms with Crippen molar-refractivity contribution in [3.63, 3.8) is 0 Å². The van der Waals surface area contributed by atoms with Crippen molar-refractivity contribution in [1.29, 1.82) is 0 Å². The smallest absolute Gasteiger partial charge is 0.176 e. The molecular formula is C20H22ClFN2O2. The monoisotopic (exact) mass is 376 g/mol. The van der Waals surface area contributed by atoms with E-state index in [1.807, 2.05) is 24.3 Å². The minimum absolute atomic E-state index is 0.0539. The van der Waals surface area contributed by atoms with E-state index in [4.69, 9.17) is 16.3 Å². The van der Waals surface area contributed by atoms with Gasteiger partial charge < -0.3 is 10.1 Å². The van der Waals surface area contributed by atoms with Crippen LogP contribution in [0.2, 0.25) is 5.02 Å². The van der Waals surface area contributed by atoms with E-state index in [-0.39, 0.29) is 24.2 Å². The van der Waals surface area contributed by atoms with Gasteiger partial charge in [0.25, 0.3) is 0 Å². The summed E-state index contributed by atoms with van der Waals surface area (Å²) in [6, 6.07) is 13.6. The quantitative estimate of drug-likeness (QED) is 0.753. The number of benzene rings is 2. The van der Waals surface area contributed by atoms with E-state index >= 15 is 0 Å². The van der Waals surface area contributed by atoms with Crippen LogP contribution in [0.25, 0.3) is 0 Å². The zero-order valence-corrected chi connectivity index (χ0v) is 15.2. The number of carbonyl (C=O) groups is 1. The minimum atomic E-state index is -0.343.